The van der Waals surface area contributed by atoms with E-state index in [0.29, 0.717) is 16.8 Å². The zero-order chi connectivity index (χ0) is 24.2. The highest BCUT2D eigenvalue weighted by atomic mass is 19.1. The standard InChI is InChI=1S/C25H27F2N5O2/c1-15(2)20-9-8-17(10-21(20)27)24(16-6-4-3-5-7-16)29-25(34)22-11-18(26)14-32(22)23(33)12-19-13-28-31-30-19/h3-10,13,15,18,22,24H,11-12,14H2,1-2H3,(H,29,34)(H,28,30,31)/t18-,22+,24+/m1/s1. The lowest BCUT2D eigenvalue weighted by Crippen LogP contribution is -2.47. The summed E-state index contributed by atoms with van der Waals surface area (Å²) in [6.07, 6.45) is -0.0817. The minimum atomic E-state index is -1.31. The fourth-order valence-corrected chi connectivity index (χ4v) is 4.31. The molecule has 0 aliphatic carbocycles. The monoisotopic (exact) mass is 467 g/mol. The molecule has 178 valence electrons. The Morgan fingerprint density at radius 3 is 2.59 bits per heavy atom. The van der Waals surface area contributed by atoms with E-state index >= 15 is 0 Å². The summed E-state index contributed by atoms with van der Waals surface area (Å²) < 4.78 is 29.1. The number of aromatic nitrogens is 3. The number of amides is 2. The molecule has 1 aliphatic heterocycles. The third-order valence-corrected chi connectivity index (χ3v) is 6.07. The van der Waals surface area contributed by atoms with E-state index in [1.165, 1.54) is 17.2 Å². The lowest BCUT2D eigenvalue weighted by atomic mass is 9.94. The van der Waals surface area contributed by atoms with E-state index in [0.717, 1.165) is 5.56 Å². The smallest absolute Gasteiger partial charge is 0.243 e. The van der Waals surface area contributed by atoms with Crippen LogP contribution in [0, 0.1) is 5.82 Å². The largest absolute Gasteiger partial charge is 0.343 e. The van der Waals surface area contributed by atoms with Gasteiger partial charge in [-0.2, -0.15) is 15.4 Å². The van der Waals surface area contributed by atoms with Crippen molar-refractivity contribution < 1.29 is 18.4 Å². The van der Waals surface area contributed by atoms with E-state index in [2.05, 4.69) is 20.7 Å². The summed E-state index contributed by atoms with van der Waals surface area (Å²) in [5.41, 5.74) is 2.32. The van der Waals surface area contributed by atoms with Gasteiger partial charge in [-0.3, -0.25) is 9.59 Å². The molecule has 4 rings (SSSR count). The third kappa shape index (κ3) is 5.13. The highest BCUT2D eigenvalue weighted by Crippen LogP contribution is 2.28. The highest BCUT2D eigenvalue weighted by molar-refractivity contribution is 5.89. The number of carbonyl (C=O) groups is 2. The molecule has 2 heterocycles. The van der Waals surface area contributed by atoms with E-state index in [1.807, 2.05) is 44.2 Å². The van der Waals surface area contributed by atoms with Gasteiger partial charge in [0, 0.05) is 6.42 Å². The van der Waals surface area contributed by atoms with Crippen molar-refractivity contribution in [3.63, 3.8) is 0 Å². The number of hydrogen-bond acceptors (Lipinski definition) is 4. The van der Waals surface area contributed by atoms with Crippen LogP contribution in [0.2, 0.25) is 0 Å². The molecule has 3 aromatic rings. The van der Waals surface area contributed by atoms with Crippen molar-refractivity contribution in [1.29, 1.82) is 0 Å². The minimum absolute atomic E-state index is 0.0167. The molecule has 1 aliphatic rings. The zero-order valence-electron chi connectivity index (χ0n) is 19.0. The van der Waals surface area contributed by atoms with Crippen molar-refractivity contribution in [1.82, 2.24) is 25.6 Å². The molecule has 2 N–H and O–H groups in total. The number of aromatic amines is 1. The molecule has 0 unspecified atom stereocenters. The molecule has 34 heavy (non-hydrogen) atoms. The van der Waals surface area contributed by atoms with Gasteiger partial charge < -0.3 is 10.2 Å². The molecule has 2 aromatic carbocycles. The van der Waals surface area contributed by atoms with Gasteiger partial charge in [-0.25, -0.2) is 8.78 Å². The van der Waals surface area contributed by atoms with E-state index < -0.39 is 30.1 Å². The maximum absolute atomic E-state index is 14.8. The average Bonchev–Trinajstić information content (AvgIpc) is 3.47. The number of carbonyl (C=O) groups excluding carboxylic acids is 2. The molecule has 0 saturated carbocycles. The number of likely N-dealkylation sites (tertiary alicyclic amines) is 1. The van der Waals surface area contributed by atoms with E-state index in [1.54, 1.807) is 12.1 Å². The number of H-pyrrole nitrogens is 1. The molecule has 0 spiro atoms. The fraction of sp³-hybridized carbons (Fsp3) is 0.360. The highest BCUT2D eigenvalue weighted by Gasteiger charge is 2.40. The molecule has 1 fully saturated rings. The summed E-state index contributed by atoms with van der Waals surface area (Å²) in [6.45, 7) is 3.65. The van der Waals surface area contributed by atoms with Crippen LogP contribution in [0.4, 0.5) is 8.78 Å². The van der Waals surface area contributed by atoms with Gasteiger partial charge in [0.15, 0.2) is 0 Å². The Bertz CT molecular complexity index is 1140. The summed E-state index contributed by atoms with van der Waals surface area (Å²) in [5, 5.41) is 12.9. The van der Waals surface area contributed by atoms with Crippen LogP contribution >= 0.6 is 0 Å². The molecule has 2 amide bonds. The maximum Gasteiger partial charge on any atom is 0.243 e. The van der Waals surface area contributed by atoms with E-state index in [4.69, 9.17) is 0 Å². The van der Waals surface area contributed by atoms with Crippen LogP contribution in [0.1, 0.15) is 54.6 Å². The third-order valence-electron chi connectivity index (χ3n) is 6.07. The minimum Gasteiger partial charge on any atom is -0.343 e. The van der Waals surface area contributed by atoms with Gasteiger partial charge in [-0.15, -0.1) is 0 Å². The second kappa shape index (κ2) is 10.1. The fourth-order valence-electron chi connectivity index (χ4n) is 4.31. The van der Waals surface area contributed by atoms with Crippen LogP contribution in [0.15, 0.2) is 54.7 Å². The predicted molar refractivity (Wildman–Crippen MR) is 122 cm³/mol. The van der Waals surface area contributed by atoms with Gasteiger partial charge >= 0.3 is 0 Å². The zero-order valence-corrected chi connectivity index (χ0v) is 19.0. The number of nitrogens with zero attached hydrogens (tertiary/aromatic N) is 3. The molecular weight excluding hydrogens is 440 g/mol. The molecule has 0 bridgehead atoms. The average molecular weight is 468 g/mol. The lowest BCUT2D eigenvalue weighted by molar-refractivity contribution is -0.138. The molecule has 7 nitrogen and oxygen atoms in total. The van der Waals surface area contributed by atoms with Crippen LogP contribution in [0.25, 0.3) is 0 Å². The van der Waals surface area contributed by atoms with Gasteiger partial charge in [0.1, 0.15) is 18.0 Å². The molecule has 1 aromatic heterocycles. The molecule has 3 atom stereocenters. The Labute approximate surface area is 196 Å². The van der Waals surface area contributed by atoms with E-state index in [-0.39, 0.29) is 31.1 Å². The van der Waals surface area contributed by atoms with E-state index in [9.17, 15) is 18.4 Å². The number of hydrogen-bond donors (Lipinski definition) is 2. The normalized spacial score (nSPS) is 18.8. The van der Waals surface area contributed by atoms with Crippen molar-refractivity contribution in [3.8, 4) is 0 Å². The van der Waals surface area contributed by atoms with Gasteiger partial charge in [0.05, 0.1) is 30.9 Å². The summed E-state index contributed by atoms with van der Waals surface area (Å²) >= 11 is 0. The first-order valence-electron chi connectivity index (χ1n) is 11.3. The maximum atomic E-state index is 14.8. The first-order chi connectivity index (χ1) is 16.3. The van der Waals surface area contributed by atoms with Crippen molar-refractivity contribution in [2.75, 3.05) is 6.54 Å². The first-order valence-corrected chi connectivity index (χ1v) is 11.3. The second-order valence-corrected chi connectivity index (χ2v) is 8.82. The van der Waals surface area contributed by atoms with Crippen LogP contribution < -0.4 is 5.32 Å². The van der Waals surface area contributed by atoms with Crippen molar-refractivity contribution >= 4 is 11.8 Å². The van der Waals surface area contributed by atoms with Crippen LogP contribution in [0.5, 0.6) is 0 Å². The van der Waals surface area contributed by atoms with Crippen LogP contribution in [-0.4, -0.2) is 50.9 Å². The molecule has 1 saturated heterocycles. The Kier molecular flexibility index (Phi) is 7.00. The lowest BCUT2D eigenvalue weighted by Gasteiger charge is -2.27. The van der Waals surface area contributed by atoms with Gasteiger partial charge in [0.2, 0.25) is 11.8 Å². The Balaban J connectivity index is 1.59. The van der Waals surface area contributed by atoms with Gasteiger partial charge in [-0.1, -0.05) is 56.3 Å². The van der Waals surface area contributed by atoms with Gasteiger partial charge in [0.25, 0.3) is 0 Å². The topological polar surface area (TPSA) is 91.0 Å². The van der Waals surface area contributed by atoms with Crippen LogP contribution in [0.3, 0.4) is 0 Å². The number of benzene rings is 2. The van der Waals surface area contributed by atoms with Crippen molar-refractivity contribution in [2.24, 2.45) is 0 Å². The molecular formula is C25H27F2N5O2. The van der Waals surface area contributed by atoms with Crippen molar-refractivity contribution in [2.45, 2.75) is 50.9 Å². The Morgan fingerprint density at radius 2 is 1.94 bits per heavy atom. The second-order valence-electron chi connectivity index (χ2n) is 8.82. The Hall–Kier alpha value is -3.62. The number of rotatable bonds is 7. The number of nitrogens with one attached hydrogen (secondary N) is 2. The summed E-state index contributed by atoms with van der Waals surface area (Å²) in [6, 6.07) is 12.5. The summed E-state index contributed by atoms with van der Waals surface area (Å²) in [5.74, 6) is -1.23. The summed E-state index contributed by atoms with van der Waals surface area (Å²) in [4.78, 5) is 27.4. The molecule has 0 radical (unpaired) electrons. The molecule has 9 heteroatoms. The van der Waals surface area contributed by atoms with Crippen molar-refractivity contribution in [3.05, 3.63) is 82.9 Å². The SMILES string of the molecule is CC(C)c1ccc([C@@H](NC(=O)[C@@H]2C[C@@H](F)CN2C(=O)Cc2cn[nH]n2)c2ccccc2)cc1F. The predicted octanol–water partition coefficient (Wildman–Crippen LogP) is 3.45. The summed E-state index contributed by atoms with van der Waals surface area (Å²) in [7, 11) is 0. The first kappa shape index (κ1) is 23.5. The Morgan fingerprint density at radius 1 is 1.18 bits per heavy atom. The van der Waals surface area contributed by atoms with Gasteiger partial charge in [-0.05, 0) is 28.7 Å². The number of alkyl halides is 1. The number of halogens is 2. The van der Waals surface area contributed by atoms with Crippen LogP contribution in [-0.2, 0) is 16.0 Å². The quantitative estimate of drug-likeness (QED) is 0.557.